The quantitative estimate of drug-likeness (QED) is 0.917. The Hall–Kier alpha value is -1.71. The van der Waals surface area contributed by atoms with E-state index >= 15 is 0 Å². The third-order valence-corrected chi connectivity index (χ3v) is 5.13. The fourth-order valence-corrected chi connectivity index (χ4v) is 3.88. The average molecular weight is 292 g/mol. The van der Waals surface area contributed by atoms with Crippen LogP contribution in [0.3, 0.4) is 0 Å². The normalized spacial score (nSPS) is 16.9. The Morgan fingerprint density at radius 1 is 1.30 bits per heavy atom. The first-order valence-electron chi connectivity index (χ1n) is 6.47. The lowest BCUT2D eigenvalue weighted by Crippen LogP contribution is -2.38. The highest BCUT2D eigenvalue weighted by molar-refractivity contribution is 7.89. The van der Waals surface area contributed by atoms with Crippen molar-refractivity contribution in [2.75, 3.05) is 0 Å². The number of aryl methyl sites for hydroxylation is 1. The summed E-state index contributed by atoms with van der Waals surface area (Å²) in [6.07, 6.45) is 1.92. The summed E-state index contributed by atoms with van der Waals surface area (Å²) < 4.78 is 27.4. The van der Waals surface area contributed by atoms with Gasteiger partial charge in [0.25, 0.3) is 0 Å². The zero-order valence-electron chi connectivity index (χ0n) is 11.2. The lowest BCUT2D eigenvalue weighted by atomic mass is 9.95. The van der Waals surface area contributed by atoms with E-state index < -0.39 is 10.0 Å². The predicted molar refractivity (Wildman–Crippen MR) is 73.5 cm³/mol. The maximum Gasteiger partial charge on any atom is 0.241 e. The van der Waals surface area contributed by atoms with Gasteiger partial charge in [0.2, 0.25) is 10.0 Å². The Morgan fingerprint density at radius 2 is 1.95 bits per heavy atom. The number of hydrogen-bond acceptors (Lipinski definition) is 4. The van der Waals surface area contributed by atoms with Crippen LogP contribution in [0.4, 0.5) is 0 Å². The van der Waals surface area contributed by atoms with Crippen molar-refractivity contribution in [2.24, 2.45) is 0 Å². The molecule has 0 heterocycles. The summed E-state index contributed by atoms with van der Waals surface area (Å²) in [7, 11) is -3.65. The van der Waals surface area contributed by atoms with Gasteiger partial charge < -0.3 is 0 Å². The summed E-state index contributed by atoms with van der Waals surface area (Å²) in [4.78, 5) is 11.3. The van der Waals surface area contributed by atoms with Crippen LogP contribution >= 0.6 is 0 Å². The van der Waals surface area contributed by atoms with Gasteiger partial charge in [-0.15, -0.1) is 0 Å². The van der Waals surface area contributed by atoms with Crippen molar-refractivity contribution >= 4 is 15.8 Å². The van der Waals surface area contributed by atoms with Crippen molar-refractivity contribution < 1.29 is 13.2 Å². The minimum atomic E-state index is -3.65. The Balaban J connectivity index is 2.22. The second kappa shape index (κ2) is 5.73. The molecule has 1 aromatic rings. The molecule has 1 aliphatic rings. The van der Waals surface area contributed by atoms with Crippen molar-refractivity contribution in [3.05, 3.63) is 29.3 Å². The second-order valence-corrected chi connectivity index (χ2v) is 6.71. The van der Waals surface area contributed by atoms with Crippen LogP contribution in [-0.4, -0.2) is 20.2 Å². The van der Waals surface area contributed by atoms with E-state index in [-0.39, 0.29) is 16.7 Å². The Morgan fingerprint density at radius 3 is 2.55 bits per heavy atom. The van der Waals surface area contributed by atoms with E-state index in [9.17, 15) is 13.2 Å². The number of ketones is 1. The molecule has 20 heavy (non-hydrogen) atoms. The number of sulfonamides is 1. The van der Waals surface area contributed by atoms with Gasteiger partial charge in [0.05, 0.1) is 16.5 Å². The van der Waals surface area contributed by atoms with Crippen LogP contribution < -0.4 is 4.72 Å². The molecule has 1 aliphatic carbocycles. The Bertz CT molecular complexity index is 664. The van der Waals surface area contributed by atoms with Gasteiger partial charge in [0.15, 0.2) is 0 Å². The third-order valence-electron chi connectivity index (χ3n) is 3.47. The van der Waals surface area contributed by atoms with Gasteiger partial charge in [-0.25, -0.2) is 13.1 Å². The van der Waals surface area contributed by atoms with Crippen molar-refractivity contribution in [1.82, 2.24) is 4.72 Å². The van der Waals surface area contributed by atoms with E-state index in [4.69, 9.17) is 5.26 Å². The minimum absolute atomic E-state index is 0.133. The highest BCUT2D eigenvalue weighted by Crippen LogP contribution is 2.20. The maximum atomic E-state index is 12.4. The highest BCUT2D eigenvalue weighted by atomic mass is 32.2. The first kappa shape index (κ1) is 14.7. The molecule has 0 aromatic heterocycles. The van der Waals surface area contributed by atoms with Crippen molar-refractivity contribution in [3.8, 4) is 6.07 Å². The largest absolute Gasteiger partial charge is 0.300 e. The van der Waals surface area contributed by atoms with Crippen LogP contribution in [-0.2, 0) is 14.8 Å². The van der Waals surface area contributed by atoms with Crippen LogP contribution in [0.15, 0.2) is 23.1 Å². The summed E-state index contributed by atoms with van der Waals surface area (Å²) in [5.41, 5.74) is 0.915. The molecule has 0 bridgehead atoms. The fourth-order valence-electron chi connectivity index (χ4n) is 2.30. The molecule has 0 atom stereocenters. The molecule has 1 fully saturated rings. The van der Waals surface area contributed by atoms with Gasteiger partial charge in [-0.3, -0.25) is 4.79 Å². The smallest absolute Gasteiger partial charge is 0.241 e. The second-order valence-electron chi connectivity index (χ2n) is 5.03. The van der Waals surface area contributed by atoms with Crippen LogP contribution in [0.1, 0.15) is 36.8 Å². The Kier molecular flexibility index (Phi) is 4.21. The highest BCUT2D eigenvalue weighted by Gasteiger charge is 2.25. The summed E-state index contributed by atoms with van der Waals surface area (Å²) in [6.45, 7) is 1.69. The summed E-state index contributed by atoms with van der Waals surface area (Å²) in [6, 6.07) is 6.33. The van der Waals surface area contributed by atoms with Crippen molar-refractivity contribution in [1.29, 1.82) is 5.26 Å². The average Bonchev–Trinajstić information content (AvgIpc) is 2.41. The lowest BCUT2D eigenvalue weighted by Gasteiger charge is -2.22. The van der Waals surface area contributed by atoms with Crippen LogP contribution in [0.2, 0.25) is 0 Å². The Labute approximate surface area is 118 Å². The van der Waals surface area contributed by atoms with E-state index in [0.29, 0.717) is 36.8 Å². The molecule has 1 aromatic carbocycles. The monoisotopic (exact) mass is 292 g/mol. The maximum absolute atomic E-state index is 12.4. The number of hydrogen-bond donors (Lipinski definition) is 1. The van der Waals surface area contributed by atoms with Crippen molar-refractivity contribution in [2.45, 2.75) is 43.5 Å². The van der Waals surface area contributed by atoms with Crippen LogP contribution in [0.25, 0.3) is 0 Å². The van der Waals surface area contributed by atoms with Gasteiger partial charge >= 0.3 is 0 Å². The molecule has 2 rings (SSSR count). The van der Waals surface area contributed by atoms with Gasteiger partial charge in [-0.05, 0) is 37.5 Å². The molecule has 0 saturated heterocycles. The molecular weight excluding hydrogens is 276 g/mol. The number of rotatable bonds is 3. The van der Waals surface area contributed by atoms with E-state index in [2.05, 4.69) is 4.72 Å². The number of Topliss-reactive ketones (excluding diaryl/α,β-unsaturated/α-hetero) is 1. The summed E-state index contributed by atoms with van der Waals surface area (Å²) in [5, 5.41) is 8.87. The number of nitrogens with one attached hydrogen (secondary N) is 1. The molecule has 0 amide bonds. The van der Waals surface area contributed by atoms with Crippen LogP contribution in [0, 0.1) is 18.3 Å². The molecule has 1 saturated carbocycles. The number of nitriles is 1. The number of carbonyl (C=O) groups is 1. The molecule has 0 spiro atoms. The predicted octanol–water partition coefficient (Wildman–Crippen LogP) is 1.66. The SMILES string of the molecule is Cc1ccc(C#N)cc1S(=O)(=O)NC1CCC(=O)CC1. The lowest BCUT2D eigenvalue weighted by molar-refractivity contribution is -0.120. The van der Waals surface area contributed by atoms with Crippen molar-refractivity contribution in [3.63, 3.8) is 0 Å². The zero-order valence-corrected chi connectivity index (χ0v) is 12.0. The standard InChI is InChI=1S/C14H16N2O3S/c1-10-2-3-11(9-15)8-14(10)20(18,19)16-12-4-6-13(17)7-5-12/h2-3,8,12,16H,4-7H2,1H3. The molecule has 0 radical (unpaired) electrons. The molecule has 6 heteroatoms. The zero-order chi connectivity index (χ0) is 14.8. The number of carbonyl (C=O) groups excluding carboxylic acids is 1. The minimum Gasteiger partial charge on any atom is -0.300 e. The molecule has 0 aliphatic heterocycles. The molecule has 5 nitrogen and oxygen atoms in total. The third kappa shape index (κ3) is 3.24. The van der Waals surface area contributed by atoms with Gasteiger partial charge in [0, 0.05) is 18.9 Å². The van der Waals surface area contributed by atoms with E-state index in [0.717, 1.165) is 0 Å². The first-order chi connectivity index (χ1) is 9.42. The van der Waals surface area contributed by atoms with Gasteiger partial charge in [-0.1, -0.05) is 6.07 Å². The molecular formula is C14H16N2O3S. The van der Waals surface area contributed by atoms with Gasteiger partial charge in [0.1, 0.15) is 5.78 Å². The van der Waals surface area contributed by atoms with E-state index in [1.54, 1.807) is 19.1 Å². The summed E-state index contributed by atoms with van der Waals surface area (Å²) >= 11 is 0. The topological polar surface area (TPSA) is 87.0 Å². The van der Waals surface area contributed by atoms with Gasteiger partial charge in [-0.2, -0.15) is 5.26 Å². The number of benzene rings is 1. The fraction of sp³-hybridized carbons (Fsp3) is 0.429. The van der Waals surface area contributed by atoms with E-state index in [1.807, 2.05) is 6.07 Å². The molecule has 0 unspecified atom stereocenters. The summed E-state index contributed by atoms with van der Waals surface area (Å²) in [5.74, 6) is 0.183. The van der Waals surface area contributed by atoms with E-state index in [1.165, 1.54) is 6.07 Å². The molecule has 1 N–H and O–H groups in total. The first-order valence-corrected chi connectivity index (χ1v) is 7.95. The molecule has 106 valence electrons. The van der Waals surface area contributed by atoms with Crippen LogP contribution in [0.5, 0.6) is 0 Å². The number of nitrogens with zero attached hydrogens (tertiary/aromatic N) is 1.